The van der Waals surface area contributed by atoms with Crippen LogP contribution in [0, 0.1) is 5.41 Å². The number of carbonyl (C=O) groups is 1. The number of hydrogen-bond acceptors (Lipinski definition) is 4. The molecule has 2 aromatic heterocycles. The average molecular weight is 354 g/mol. The lowest BCUT2D eigenvalue weighted by Crippen LogP contribution is -2.17. The number of pyridine rings is 1. The quantitative estimate of drug-likeness (QED) is 0.467. The van der Waals surface area contributed by atoms with E-state index in [1.807, 2.05) is 38.6 Å². The largest absolute Gasteiger partial charge is 0.427 e. The van der Waals surface area contributed by atoms with Crippen molar-refractivity contribution in [2.45, 2.75) is 20.8 Å². The molecule has 0 atom stereocenters. The van der Waals surface area contributed by atoms with Crippen molar-refractivity contribution in [3.05, 3.63) is 52.0 Å². The summed E-state index contributed by atoms with van der Waals surface area (Å²) in [6.07, 6.45) is 5.23. The van der Waals surface area contributed by atoms with Gasteiger partial charge in [0.1, 0.15) is 21.9 Å². The lowest BCUT2D eigenvalue weighted by atomic mass is 9.93. The molecule has 2 heterocycles. The Morgan fingerprint density at radius 1 is 1.26 bits per heavy atom. The lowest BCUT2D eigenvalue weighted by Gasteiger charge is -2.22. The Labute approximate surface area is 144 Å². The molecule has 0 aromatic carbocycles. The smallest absolute Gasteiger partial charge is 0.343 e. The van der Waals surface area contributed by atoms with Crippen molar-refractivity contribution in [2.75, 3.05) is 0 Å². The molecule has 2 rings (SSSR count). The van der Waals surface area contributed by atoms with Gasteiger partial charge in [-0.25, -0.2) is 14.8 Å². The van der Waals surface area contributed by atoms with Gasteiger partial charge in [-0.05, 0) is 12.1 Å². The third-order valence-corrected chi connectivity index (χ3v) is 3.45. The zero-order chi connectivity index (χ0) is 17.2. The first kappa shape index (κ1) is 17.5. The van der Waals surface area contributed by atoms with Crippen LogP contribution in [0.4, 0.5) is 0 Å². The Morgan fingerprint density at radius 2 is 1.87 bits per heavy atom. The van der Waals surface area contributed by atoms with Crippen molar-refractivity contribution in [2.24, 2.45) is 12.5 Å². The van der Waals surface area contributed by atoms with Gasteiger partial charge in [0.05, 0.1) is 5.56 Å². The molecule has 0 saturated heterocycles. The van der Waals surface area contributed by atoms with Crippen molar-refractivity contribution < 1.29 is 9.53 Å². The van der Waals surface area contributed by atoms with Gasteiger partial charge >= 0.3 is 5.97 Å². The number of aromatic nitrogens is 3. The number of aryl methyl sites for hydroxylation is 1. The first-order valence-electron chi connectivity index (χ1n) is 6.91. The number of halogens is 2. The van der Waals surface area contributed by atoms with E-state index >= 15 is 0 Å². The van der Waals surface area contributed by atoms with E-state index in [2.05, 4.69) is 9.97 Å². The molecule has 0 spiro atoms. The molecule has 2 aromatic rings. The van der Waals surface area contributed by atoms with Crippen LogP contribution in [0.2, 0.25) is 10.3 Å². The van der Waals surface area contributed by atoms with Gasteiger partial charge in [-0.1, -0.05) is 44.0 Å². The van der Waals surface area contributed by atoms with Crippen molar-refractivity contribution in [1.82, 2.24) is 14.5 Å². The summed E-state index contributed by atoms with van der Waals surface area (Å²) in [5.41, 5.74) is -0.146. The van der Waals surface area contributed by atoms with Crippen molar-refractivity contribution in [1.29, 1.82) is 0 Å². The molecule has 0 aliphatic carbocycles. The Balaban J connectivity index is 2.33. The summed E-state index contributed by atoms with van der Waals surface area (Å²) in [7, 11) is 1.86. The van der Waals surface area contributed by atoms with E-state index in [-0.39, 0.29) is 21.3 Å². The highest BCUT2D eigenvalue weighted by Crippen LogP contribution is 2.29. The topological polar surface area (TPSA) is 57.0 Å². The highest BCUT2D eigenvalue weighted by atomic mass is 35.5. The number of hydrogen-bond donors (Lipinski definition) is 0. The minimum atomic E-state index is -0.549. The third kappa shape index (κ3) is 4.56. The average Bonchev–Trinajstić information content (AvgIpc) is 2.81. The van der Waals surface area contributed by atoms with Crippen LogP contribution >= 0.6 is 23.2 Å². The van der Waals surface area contributed by atoms with Gasteiger partial charge in [0.25, 0.3) is 0 Å². The van der Waals surface area contributed by atoms with Crippen LogP contribution in [-0.4, -0.2) is 20.5 Å². The fourth-order valence-corrected chi connectivity index (χ4v) is 2.23. The minimum Gasteiger partial charge on any atom is -0.427 e. The van der Waals surface area contributed by atoms with Gasteiger partial charge in [-0.3, -0.25) is 0 Å². The maximum absolute atomic E-state index is 12.4. The zero-order valence-corrected chi connectivity index (χ0v) is 14.8. The van der Waals surface area contributed by atoms with Crippen LogP contribution in [-0.2, 0) is 11.8 Å². The van der Waals surface area contributed by atoms with E-state index in [0.717, 1.165) is 0 Å². The molecular formula is C16H17Cl2N3O2. The Bertz CT molecular complexity index is 741. The number of carbonyl (C=O) groups excluding carboxylic acids is 1. The Hall–Kier alpha value is -1.85. The van der Waals surface area contributed by atoms with Gasteiger partial charge in [0.2, 0.25) is 0 Å². The second kappa shape index (κ2) is 6.72. The van der Waals surface area contributed by atoms with Crippen molar-refractivity contribution in [3.63, 3.8) is 0 Å². The molecule has 0 fully saturated rings. The molecule has 122 valence electrons. The monoisotopic (exact) mass is 353 g/mol. The number of imidazole rings is 1. The Morgan fingerprint density at radius 3 is 2.35 bits per heavy atom. The van der Waals surface area contributed by atoms with Crippen LogP contribution in [0.15, 0.2) is 30.3 Å². The molecule has 0 radical (unpaired) electrons. The lowest BCUT2D eigenvalue weighted by molar-refractivity contribution is 0.0562. The highest BCUT2D eigenvalue weighted by molar-refractivity contribution is 6.32. The number of rotatable bonds is 3. The first-order valence-corrected chi connectivity index (χ1v) is 7.67. The van der Waals surface area contributed by atoms with Gasteiger partial charge in [0.15, 0.2) is 0 Å². The van der Waals surface area contributed by atoms with E-state index in [1.54, 1.807) is 12.3 Å². The fraction of sp³-hybridized carbons (Fsp3) is 0.312. The molecule has 0 aliphatic heterocycles. The summed E-state index contributed by atoms with van der Waals surface area (Å²) in [5, 5.41) is 0.268. The SMILES string of the molecule is Cn1ccnc1C=C(OC(=O)c1cc(Cl)nc(Cl)c1)C(C)(C)C. The van der Waals surface area contributed by atoms with Crippen LogP contribution in [0.25, 0.3) is 6.08 Å². The molecule has 0 saturated carbocycles. The molecule has 7 heteroatoms. The second-order valence-electron chi connectivity index (χ2n) is 6.05. The highest BCUT2D eigenvalue weighted by Gasteiger charge is 2.23. The van der Waals surface area contributed by atoms with Crippen LogP contribution in [0.3, 0.4) is 0 Å². The first-order chi connectivity index (χ1) is 10.7. The van der Waals surface area contributed by atoms with Crippen LogP contribution in [0.1, 0.15) is 37.0 Å². The maximum atomic E-state index is 12.4. The Kier molecular flexibility index (Phi) is 5.12. The molecule has 0 N–H and O–H groups in total. The summed E-state index contributed by atoms with van der Waals surface area (Å²) in [6.45, 7) is 5.84. The standard InChI is InChI=1S/C16H17Cl2N3O2/c1-16(2,3)11(9-14-19-5-6-21(14)4)23-15(22)10-7-12(17)20-13(18)8-10/h5-9H,1-4H3. The van der Waals surface area contributed by atoms with E-state index in [1.165, 1.54) is 12.1 Å². The number of esters is 1. The number of nitrogens with zero attached hydrogens (tertiary/aromatic N) is 3. The third-order valence-electron chi connectivity index (χ3n) is 3.06. The minimum absolute atomic E-state index is 0.134. The summed E-state index contributed by atoms with van der Waals surface area (Å²) >= 11 is 11.7. The van der Waals surface area contributed by atoms with Gasteiger partial charge in [-0.2, -0.15) is 0 Å². The normalized spacial score (nSPS) is 12.3. The van der Waals surface area contributed by atoms with Gasteiger partial charge in [-0.15, -0.1) is 0 Å². The molecule has 5 nitrogen and oxygen atoms in total. The fourth-order valence-electron chi connectivity index (χ4n) is 1.77. The van der Waals surface area contributed by atoms with Gasteiger partial charge in [0, 0.05) is 30.9 Å². The molecule has 0 aliphatic rings. The molecule has 23 heavy (non-hydrogen) atoms. The summed E-state index contributed by atoms with van der Waals surface area (Å²) in [5.74, 6) is 0.626. The number of allylic oxidation sites excluding steroid dienone is 1. The maximum Gasteiger partial charge on any atom is 0.343 e. The molecule has 0 amide bonds. The van der Waals surface area contributed by atoms with E-state index < -0.39 is 5.97 Å². The molecule has 0 bridgehead atoms. The van der Waals surface area contributed by atoms with E-state index in [9.17, 15) is 4.79 Å². The van der Waals surface area contributed by atoms with Crippen molar-refractivity contribution in [3.8, 4) is 0 Å². The van der Waals surface area contributed by atoms with Crippen LogP contribution in [0.5, 0.6) is 0 Å². The number of ether oxygens (including phenoxy) is 1. The predicted octanol–water partition coefficient (Wildman–Crippen LogP) is 4.37. The van der Waals surface area contributed by atoms with E-state index in [4.69, 9.17) is 27.9 Å². The summed E-state index contributed by atoms with van der Waals surface area (Å²) in [4.78, 5) is 20.4. The summed E-state index contributed by atoms with van der Waals surface area (Å²) < 4.78 is 7.40. The van der Waals surface area contributed by atoms with Crippen molar-refractivity contribution >= 4 is 35.2 Å². The van der Waals surface area contributed by atoms with Crippen LogP contribution < -0.4 is 0 Å². The predicted molar refractivity (Wildman–Crippen MR) is 90.3 cm³/mol. The van der Waals surface area contributed by atoms with Gasteiger partial charge < -0.3 is 9.30 Å². The zero-order valence-electron chi connectivity index (χ0n) is 13.3. The van der Waals surface area contributed by atoms with E-state index in [0.29, 0.717) is 11.6 Å². The summed E-state index contributed by atoms with van der Waals surface area (Å²) in [6, 6.07) is 2.83. The molecular weight excluding hydrogens is 337 g/mol. The second-order valence-corrected chi connectivity index (χ2v) is 6.82. The molecule has 0 unspecified atom stereocenters.